The lowest BCUT2D eigenvalue weighted by Crippen LogP contribution is -2.28. The molecule has 0 amide bonds. The summed E-state index contributed by atoms with van der Waals surface area (Å²) in [5, 5.41) is 17.3. The van der Waals surface area contributed by atoms with Gasteiger partial charge in [0.2, 0.25) is 0 Å². The molecule has 120 valence electrons. The molecule has 2 saturated heterocycles. The number of esters is 2. The molecule has 4 rings (SSSR count). The van der Waals surface area contributed by atoms with Crippen molar-refractivity contribution in [1.82, 2.24) is 0 Å². The second kappa shape index (κ2) is 5.26. The summed E-state index contributed by atoms with van der Waals surface area (Å²) < 4.78 is 9.68. The third kappa shape index (κ3) is 2.42. The molecule has 8 heteroatoms. The number of carboxylic acids is 2. The SMILES string of the molecule is O=C(O)C1CC2CC1C(=O)O2.O=C(O)[C@@H]1C[C@@H]2C[C@H]1C(=O)O2. The molecule has 2 aliphatic heterocycles. The topological polar surface area (TPSA) is 127 Å². The lowest BCUT2D eigenvalue weighted by molar-refractivity contribution is -0.158. The minimum Gasteiger partial charge on any atom is -0.481 e. The average Bonchev–Trinajstić information content (AvgIpc) is 3.15. The van der Waals surface area contributed by atoms with E-state index < -0.39 is 23.8 Å². The molecule has 0 aromatic heterocycles. The Kier molecular flexibility index (Phi) is 3.54. The number of hydrogen-bond donors (Lipinski definition) is 2. The van der Waals surface area contributed by atoms with Gasteiger partial charge in [-0.05, 0) is 25.7 Å². The van der Waals surface area contributed by atoms with Crippen LogP contribution in [0.25, 0.3) is 0 Å². The summed E-state index contributed by atoms with van der Waals surface area (Å²) >= 11 is 0. The predicted octanol–water partition coefficient (Wildman–Crippen LogP) is 0.0452. The first-order chi connectivity index (χ1) is 10.4. The summed E-state index contributed by atoms with van der Waals surface area (Å²) in [6.07, 6.45) is 1.99. The van der Waals surface area contributed by atoms with Crippen molar-refractivity contribution in [3.05, 3.63) is 0 Å². The highest BCUT2D eigenvalue weighted by Gasteiger charge is 2.51. The van der Waals surface area contributed by atoms with Crippen LogP contribution < -0.4 is 0 Å². The summed E-state index contributed by atoms with van der Waals surface area (Å²) in [4.78, 5) is 42.8. The molecule has 22 heavy (non-hydrogen) atoms. The van der Waals surface area contributed by atoms with Crippen LogP contribution in [0.3, 0.4) is 0 Å². The Balaban J connectivity index is 0.000000131. The van der Waals surface area contributed by atoms with Gasteiger partial charge < -0.3 is 19.7 Å². The highest BCUT2D eigenvalue weighted by molar-refractivity contribution is 5.84. The second-order valence-electron chi connectivity index (χ2n) is 6.16. The van der Waals surface area contributed by atoms with E-state index in [1.807, 2.05) is 0 Å². The first kappa shape index (κ1) is 14.8. The van der Waals surface area contributed by atoms with E-state index >= 15 is 0 Å². The van der Waals surface area contributed by atoms with Gasteiger partial charge in [-0.3, -0.25) is 19.2 Å². The van der Waals surface area contributed by atoms with Crippen molar-refractivity contribution in [3.8, 4) is 0 Å². The first-order valence-electron chi connectivity index (χ1n) is 7.23. The van der Waals surface area contributed by atoms with E-state index in [1.54, 1.807) is 0 Å². The molecule has 2 N–H and O–H groups in total. The van der Waals surface area contributed by atoms with Gasteiger partial charge in [0.05, 0.1) is 23.7 Å². The van der Waals surface area contributed by atoms with Gasteiger partial charge in [0.1, 0.15) is 12.2 Å². The minimum absolute atomic E-state index is 0.117. The summed E-state index contributed by atoms with van der Waals surface area (Å²) in [6, 6.07) is 0. The molecule has 6 atom stereocenters. The maximum atomic E-state index is 10.9. The fraction of sp³-hybridized carbons (Fsp3) is 0.714. The van der Waals surface area contributed by atoms with Gasteiger partial charge in [0.15, 0.2) is 0 Å². The molecule has 4 aliphatic rings. The Labute approximate surface area is 125 Å². The number of aliphatic carboxylic acids is 2. The minimum atomic E-state index is -0.867. The van der Waals surface area contributed by atoms with Crippen LogP contribution in [0.5, 0.6) is 0 Å². The maximum absolute atomic E-state index is 10.9. The van der Waals surface area contributed by atoms with Crippen molar-refractivity contribution in [2.75, 3.05) is 0 Å². The molecule has 4 bridgehead atoms. The molecule has 0 spiro atoms. The van der Waals surface area contributed by atoms with Crippen LogP contribution in [-0.2, 0) is 28.7 Å². The van der Waals surface area contributed by atoms with Crippen molar-refractivity contribution in [2.24, 2.45) is 23.7 Å². The number of rotatable bonds is 2. The number of fused-ring (bicyclic) bond motifs is 4. The van der Waals surface area contributed by atoms with Crippen LogP contribution in [0.4, 0.5) is 0 Å². The fourth-order valence-corrected chi connectivity index (χ4v) is 3.75. The van der Waals surface area contributed by atoms with Crippen molar-refractivity contribution >= 4 is 23.9 Å². The molecule has 3 unspecified atom stereocenters. The highest BCUT2D eigenvalue weighted by atomic mass is 16.6. The monoisotopic (exact) mass is 312 g/mol. The van der Waals surface area contributed by atoms with E-state index in [9.17, 15) is 19.2 Å². The molecule has 0 aromatic rings. The molecule has 8 nitrogen and oxygen atoms in total. The molecule has 2 aliphatic carbocycles. The van der Waals surface area contributed by atoms with Crippen molar-refractivity contribution < 1.29 is 38.9 Å². The Morgan fingerprint density at radius 2 is 1.14 bits per heavy atom. The molecular weight excluding hydrogens is 296 g/mol. The van der Waals surface area contributed by atoms with Crippen molar-refractivity contribution in [3.63, 3.8) is 0 Å². The summed E-state index contributed by atoms with van der Waals surface area (Å²) in [5.74, 6) is -4.08. The van der Waals surface area contributed by atoms with Gasteiger partial charge >= 0.3 is 23.9 Å². The van der Waals surface area contributed by atoms with Crippen LogP contribution in [-0.4, -0.2) is 46.3 Å². The number of carbonyl (C=O) groups is 4. The molecule has 2 heterocycles. The number of ether oxygens (including phenoxy) is 2. The van der Waals surface area contributed by atoms with Gasteiger partial charge in [-0.25, -0.2) is 0 Å². The van der Waals surface area contributed by atoms with Gasteiger partial charge in [-0.2, -0.15) is 0 Å². The number of carboxylic acid groups (broad SMARTS) is 2. The zero-order valence-electron chi connectivity index (χ0n) is 11.6. The van der Waals surface area contributed by atoms with E-state index in [0.29, 0.717) is 25.7 Å². The quantitative estimate of drug-likeness (QED) is 0.684. The third-order valence-electron chi connectivity index (χ3n) is 4.84. The third-order valence-corrected chi connectivity index (χ3v) is 4.84. The molecular formula is C14H16O8. The fourth-order valence-electron chi connectivity index (χ4n) is 3.75. The van der Waals surface area contributed by atoms with Gasteiger partial charge in [-0.15, -0.1) is 0 Å². The zero-order chi connectivity index (χ0) is 16.0. The van der Waals surface area contributed by atoms with Crippen LogP contribution in [0.2, 0.25) is 0 Å². The van der Waals surface area contributed by atoms with Crippen molar-refractivity contribution in [1.29, 1.82) is 0 Å². The average molecular weight is 312 g/mol. The lowest BCUT2D eigenvalue weighted by Gasteiger charge is -2.16. The van der Waals surface area contributed by atoms with Gasteiger partial charge in [0.25, 0.3) is 0 Å². The Hall–Kier alpha value is -2.12. The summed E-state index contributed by atoms with van der Waals surface area (Å²) in [7, 11) is 0. The predicted molar refractivity (Wildman–Crippen MR) is 67.5 cm³/mol. The van der Waals surface area contributed by atoms with Crippen molar-refractivity contribution in [2.45, 2.75) is 37.9 Å². The standard InChI is InChI=1S/2C7H8O4/c2*8-6(9)4-1-3-2-5(4)7(10)11-3/h2*3-5H,1-2H2,(H,8,9)/t3-,4-,5-;/m1./s1. The zero-order valence-corrected chi connectivity index (χ0v) is 11.6. The van der Waals surface area contributed by atoms with Crippen LogP contribution in [0, 0.1) is 23.7 Å². The van der Waals surface area contributed by atoms with Gasteiger partial charge in [0, 0.05) is 0 Å². The van der Waals surface area contributed by atoms with E-state index in [-0.39, 0.29) is 36.0 Å². The number of hydrogen-bond acceptors (Lipinski definition) is 6. The van der Waals surface area contributed by atoms with E-state index in [1.165, 1.54) is 0 Å². The summed E-state index contributed by atoms with van der Waals surface area (Å²) in [5.41, 5.74) is 0. The summed E-state index contributed by atoms with van der Waals surface area (Å²) in [6.45, 7) is 0. The number of carbonyl (C=O) groups excluding carboxylic acids is 2. The Morgan fingerprint density at radius 1 is 0.773 bits per heavy atom. The van der Waals surface area contributed by atoms with Crippen LogP contribution >= 0.6 is 0 Å². The molecule has 2 saturated carbocycles. The van der Waals surface area contributed by atoms with Crippen LogP contribution in [0.1, 0.15) is 25.7 Å². The Bertz CT molecular complexity index is 493. The van der Waals surface area contributed by atoms with Gasteiger partial charge in [-0.1, -0.05) is 0 Å². The molecule has 0 aromatic carbocycles. The molecule has 0 radical (unpaired) electrons. The normalized spacial score (nSPS) is 40.7. The maximum Gasteiger partial charge on any atom is 0.310 e. The smallest absolute Gasteiger partial charge is 0.310 e. The Morgan fingerprint density at radius 3 is 1.32 bits per heavy atom. The highest BCUT2D eigenvalue weighted by Crippen LogP contribution is 2.41. The lowest BCUT2D eigenvalue weighted by atomic mass is 9.96. The molecule has 4 fully saturated rings. The van der Waals surface area contributed by atoms with E-state index in [2.05, 4.69) is 0 Å². The largest absolute Gasteiger partial charge is 0.481 e. The second-order valence-corrected chi connectivity index (χ2v) is 6.16. The van der Waals surface area contributed by atoms with Crippen LogP contribution in [0.15, 0.2) is 0 Å². The van der Waals surface area contributed by atoms with E-state index in [4.69, 9.17) is 19.7 Å². The van der Waals surface area contributed by atoms with E-state index in [0.717, 1.165) is 0 Å². The first-order valence-corrected chi connectivity index (χ1v) is 7.23.